The second kappa shape index (κ2) is 6.88. The van der Waals surface area contributed by atoms with E-state index in [0.29, 0.717) is 24.1 Å². The van der Waals surface area contributed by atoms with Crippen LogP contribution in [0.2, 0.25) is 0 Å². The van der Waals surface area contributed by atoms with E-state index in [9.17, 15) is 15.0 Å². The summed E-state index contributed by atoms with van der Waals surface area (Å²) in [4.78, 5) is 17.2. The van der Waals surface area contributed by atoms with Crippen molar-refractivity contribution in [1.29, 1.82) is 0 Å². The van der Waals surface area contributed by atoms with Crippen molar-refractivity contribution in [3.63, 3.8) is 0 Å². The Labute approximate surface area is 140 Å². The Bertz CT molecular complexity index is 690. The number of benzene rings is 1. The van der Waals surface area contributed by atoms with Crippen LogP contribution in [0.25, 0.3) is 0 Å². The van der Waals surface area contributed by atoms with E-state index in [-0.39, 0.29) is 6.04 Å². The highest BCUT2D eigenvalue weighted by Gasteiger charge is 2.41. The van der Waals surface area contributed by atoms with Crippen LogP contribution in [-0.4, -0.2) is 38.3 Å². The van der Waals surface area contributed by atoms with Gasteiger partial charge >= 0.3 is 6.09 Å². The van der Waals surface area contributed by atoms with Crippen molar-refractivity contribution < 1.29 is 15.0 Å². The van der Waals surface area contributed by atoms with E-state index in [4.69, 9.17) is 5.73 Å². The first-order valence-corrected chi connectivity index (χ1v) is 8.00. The smallest absolute Gasteiger partial charge is 0.407 e. The van der Waals surface area contributed by atoms with Gasteiger partial charge < -0.3 is 15.9 Å². The second-order valence-electron chi connectivity index (χ2n) is 6.17. The number of carboxylic acid groups (broad SMARTS) is 1. The lowest BCUT2D eigenvalue weighted by molar-refractivity contribution is 0.0539. The molecule has 6 heteroatoms. The number of likely N-dealkylation sites (tertiary alicyclic amines) is 1. The van der Waals surface area contributed by atoms with E-state index in [1.54, 1.807) is 24.5 Å². The van der Waals surface area contributed by atoms with Crippen molar-refractivity contribution in [2.45, 2.75) is 37.5 Å². The topological polar surface area (TPSA) is 99.7 Å². The summed E-state index contributed by atoms with van der Waals surface area (Å²) < 4.78 is 0. The van der Waals surface area contributed by atoms with Gasteiger partial charge in [0.05, 0.1) is 6.04 Å². The molecule has 0 radical (unpaired) electrons. The normalized spacial score (nSPS) is 21.6. The third-order valence-corrected chi connectivity index (χ3v) is 4.61. The molecule has 4 N–H and O–H groups in total. The van der Waals surface area contributed by atoms with E-state index < -0.39 is 18.2 Å². The molecule has 1 aromatic heterocycles. The van der Waals surface area contributed by atoms with Gasteiger partial charge in [0, 0.05) is 29.7 Å². The number of nitrogen functional groups attached to an aromatic ring is 1. The number of hydrogen-bond donors (Lipinski definition) is 3. The van der Waals surface area contributed by atoms with Crippen molar-refractivity contribution >= 4 is 11.8 Å². The molecular weight excluding hydrogens is 306 g/mol. The van der Waals surface area contributed by atoms with Gasteiger partial charge in [0.25, 0.3) is 0 Å². The molecule has 1 unspecified atom stereocenters. The highest BCUT2D eigenvalue weighted by atomic mass is 16.4. The Morgan fingerprint density at radius 1 is 1.29 bits per heavy atom. The molecule has 1 saturated heterocycles. The number of rotatable bonds is 4. The number of anilines is 1. The van der Waals surface area contributed by atoms with Crippen LogP contribution in [-0.2, 0) is 6.42 Å². The van der Waals surface area contributed by atoms with Crippen LogP contribution < -0.4 is 5.73 Å². The lowest BCUT2D eigenvalue weighted by atomic mass is 10.0. The number of nitrogens with two attached hydrogens (primary N) is 1. The molecule has 1 aliphatic heterocycles. The number of aliphatic hydroxyl groups is 1. The van der Waals surface area contributed by atoms with Gasteiger partial charge in [-0.15, -0.1) is 0 Å². The lowest BCUT2D eigenvalue weighted by Gasteiger charge is -2.30. The summed E-state index contributed by atoms with van der Waals surface area (Å²) >= 11 is 0. The van der Waals surface area contributed by atoms with Crippen LogP contribution in [0.4, 0.5) is 10.5 Å². The number of aromatic nitrogens is 1. The van der Waals surface area contributed by atoms with Crippen LogP contribution in [0.1, 0.15) is 30.1 Å². The SMILES string of the molecule is Nc1ccc(C[C@@H]2CC[C@H](C(O)c3cccnc3)N2C(=O)O)cc1. The van der Waals surface area contributed by atoms with Gasteiger partial charge in [-0.25, -0.2) is 4.79 Å². The molecule has 1 aromatic carbocycles. The number of amides is 1. The highest BCUT2D eigenvalue weighted by molar-refractivity contribution is 5.66. The van der Waals surface area contributed by atoms with E-state index >= 15 is 0 Å². The molecular formula is C18H21N3O3. The van der Waals surface area contributed by atoms with E-state index in [1.165, 1.54) is 4.90 Å². The molecule has 24 heavy (non-hydrogen) atoms. The molecule has 3 rings (SSSR count). The molecule has 0 bridgehead atoms. The molecule has 0 saturated carbocycles. The van der Waals surface area contributed by atoms with Gasteiger partial charge in [-0.2, -0.15) is 0 Å². The average molecular weight is 327 g/mol. The fourth-order valence-corrected chi connectivity index (χ4v) is 3.42. The summed E-state index contributed by atoms with van der Waals surface area (Å²) in [6, 6.07) is 10.4. The summed E-state index contributed by atoms with van der Waals surface area (Å²) in [5, 5.41) is 20.2. The molecule has 0 aliphatic carbocycles. The molecule has 2 aromatic rings. The van der Waals surface area contributed by atoms with Crippen molar-refractivity contribution in [3.05, 3.63) is 59.9 Å². The van der Waals surface area contributed by atoms with Crippen LogP contribution in [0, 0.1) is 0 Å². The molecule has 6 nitrogen and oxygen atoms in total. The highest BCUT2D eigenvalue weighted by Crippen LogP contribution is 2.34. The summed E-state index contributed by atoms with van der Waals surface area (Å²) in [6.45, 7) is 0. The Morgan fingerprint density at radius 2 is 2.04 bits per heavy atom. The average Bonchev–Trinajstić information content (AvgIpc) is 3.01. The minimum atomic E-state index is -0.999. The number of carbonyl (C=O) groups is 1. The standard InChI is InChI=1S/C18H21N3O3/c19-14-5-3-12(4-6-14)10-15-7-8-16(21(15)18(23)24)17(22)13-2-1-9-20-11-13/h1-6,9,11,15-17,22H,7-8,10,19H2,(H,23,24)/t15-,16+,17?/m0/s1. The van der Waals surface area contributed by atoms with Crippen molar-refractivity contribution in [3.8, 4) is 0 Å². The van der Waals surface area contributed by atoms with Crippen LogP contribution in [0.3, 0.4) is 0 Å². The first-order valence-electron chi connectivity index (χ1n) is 8.00. The molecule has 1 amide bonds. The van der Waals surface area contributed by atoms with Crippen LogP contribution in [0.15, 0.2) is 48.8 Å². The van der Waals surface area contributed by atoms with Gasteiger partial charge in [0.2, 0.25) is 0 Å². The van der Waals surface area contributed by atoms with Gasteiger partial charge in [-0.1, -0.05) is 18.2 Å². The first-order chi connectivity index (χ1) is 11.6. The van der Waals surface area contributed by atoms with Crippen LogP contribution >= 0.6 is 0 Å². The predicted octanol–water partition coefficient (Wildman–Crippen LogP) is 2.45. The molecule has 1 aliphatic rings. The van der Waals surface area contributed by atoms with E-state index in [1.807, 2.05) is 24.3 Å². The summed E-state index contributed by atoms with van der Waals surface area (Å²) in [7, 11) is 0. The molecule has 0 spiro atoms. The fraction of sp³-hybridized carbons (Fsp3) is 0.333. The minimum absolute atomic E-state index is 0.151. The zero-order valence-corrected chi connectivity index (χ0v) is 13.2. The molecule has 2 heterocycles. The quantitative estimate of drug-likeness (QED) is 0.749. The maximum absolute atomic E-state index is 11.8. The maximum Gasteiger partial charge on any atom is 0.407 e. The zero-order valence-electron chi connectivity index (χ0n) is 13.2. The predicted molar refractivity (Wildman–Crippen MR) is 90.4 cm³/mol. The Morgan fingerprint density at radius 3 is 2.67 bits per heavy atom. The summed E-state index contributed by atoms with van der Waals surface area (Å²) in [5.74, 6) is 0. The lowest BCUT2D eigenvalue weighted by Crippen LogP contribution is -2.44. The Kier molecular flexibility index (Phi) is 4.66. The van der Waals surface area contributed by atoms with Gasteiger partial charge in [-0.05, 0) is 43.0 Å². The van der Waals surface area contributed by atoms with Crippen molar-refractivity contribution in [2.24, 2.45) is 0 Å². The zero-order chi connectivity index (χ0) is 17.1. The Balaban J connectivity index is 1.78. The van der Waals surface area contributed by atoms with E-state index in [2.05, 4.69) is 4.98 Å². The summed E-state index contributed by atoms with van der Waals surface area (Å²) in [6.07, 6.45) is 3.30. The minimum Gasteiger partial charge on any atom is -0.465 e. The number of nitrogens with zero attached hydrogens (tertiary/aromatic N) is 2. The number of aliphatic hydroxyl groups excluding tert-OH is 1. The first kappa shape index (κ1) is 16.3. The van der Waals surface area contributed by atoms with Crippen molar-refractivity contribution in [1.82, 2.24) is 9.88 Å². The van der Waals surface area contributed by atoms with Gasteiger partial charge in [-0.3, -0.25) is 9.88 Å². The third kappa shape index (κ3) is 3.33. The van der Waals surface area contributed by atoms with Crippen molar-refractivity contribution in [2.75, 3.05) is 5.73 Å². The fourth-order valence-electron chi connectivity index (χ4n) is 3.42. The number of pyridine rings is 1. The monoisotopic (exact) mass is 327 g/mol. The Hall–Kier alpha value is -2.60. The van der Waals surface area contributed by atoms with Gasteiger partial charge in [0.1, 0.15) is 6.10 Å². The number of hydrogen-bond acceptors (Lipinski definition) is 4. The summed E-state index contributed by atoms with van der Waals surface area (Å²) in [5.41, 5.74) is 8.06. The van der Waals surface area contributed by atoms with Crippen LogP contribution in [0.5, 0.6) is 0 Å². The third-order valence-electron chi connectivity index (χ3n) is 4.61. The van der Waals surface area contributed by atoms with Gasteiger partial charge in [0.15, 0.2) is 0 Å². The molecule has 126 valence electrons. The maximum atomic E-state index is 11.8. The largest absolute Gasteiger partial charge is 0.465 e. The molecule has 1 fully saturated rings. The second-order valence-corrected chi connectivity index (χ2v) is 6.17. The molecule has 3 atom stereocenters. The van der Waals surface area contributed by atoms with E-state index in [0.717, 1.165) is 12.0 Å².